The van der Waals surface area contributed by atoms with Crippen molar-refractivity contribution in [2.24, 2.45) is 0 Å². The number of hydrogen-bond acceptors (Lipinski definition) is 4. The van der Waals surface area contributed by atoms with Gasteiger partial charge in [-0.25, -0.2) is 8.78 Å². The lowest BCUT2D eigenvalue weighted by atomic mass is 10.1. The van der Waals surface area contributed by atoms with Gasteiger partial charge in [-0.1, -0.05) is 6.07 Å². The van der Waals surface area contributed by atoms with Gasteiger partial charge in [0.25, 0.3) is 5.91 Å². The Labute approximate surface area is 215 Å². The van der Waals surface area contributed by atoms with E-state index in [1.54, 1.807) is 29.2 Å². The minimum Gasteiger partial charge on any atom is -0.361 e. The molecule has 0 aliphatic carbocycles. The number of piperazine rings is 2. The topological polar surface area (TPSA) is 62.9 Å². The van der Waals surface area contributed by atoms with Crippen molar-refractivity contribution in [3.63, 3.8) is 0 Å². The maximum Gasteiger partial charge on any atom is 0.254 e. The summed E-state index contributed by atoms with van der Waals surface area (Å²) >= 11 is 0. The van der Waals surface area contributed by atoms with Gasteiger partial charge < -0.3 is 14.8 Å². The van der Waals surface area contributed by atoms with E-state index in [9.17, 15) is 18.4 Å². The van der Waals surface area contributed by atoms with Crippen LogP contribution in [-0.4, -0.2) is 102 Å². The molecule has 9 heteroatoms. The van der Waals surface area contributed by atoms with Gasteiger partial charge in [-0.2, -0.15) is 0 Å². The molecule has 1 N–H and O–H groups in total. The van der Waals surface area contributed by atoms with Crippen LogP contribution >= 0.6 is 0 Å². The third-order valence-electron chi connectivity index (χ3n) is 7.46. The molecule has 3 aromatic rings. The molecule has 2 aromatic carbocycles. The summed E-state index contributed by atoms with van der Waals surface area (Å²) in [6, 6.07) is 10.6. The number of aryl methyl sites for hydroxylation is 1. The zero-order valence-corrected chi connectivity index (χ0v) is 21.0. The molecular weight excluding hydrogens is 476 g/mol. The number of hydrogen-bond donors (Lipinski definition) is 1. The molecule has 0 bridgehead atoms. The number of carbonyl (C=O) groups is 2. The Morgan fingerprint density at radius 2 is 1.51 bits per heavy atom. The highest BCUT2D eigenvalue weighted by atomic mass is 19.1. The van der Waals surface area contributed by atoms with Gasteiger partial charge in [-0.05, 0) is 61.3 Å². The highest BCUT2D eigenvalue weighted by molar-refractivity contribution is 5.94. The lowest BCUT2D eigenvalue weighted by molar-refractivity contribution is -0.134. The smallest absolute Gasteiger partial charge is 0.254 e. The molecule has 2 saturated heterocycles. The quantitative estimate of drug-likeness (QED) is 0.532. The molecule has 2 aliphatic heterocycles. The molecule has 7 nitrogen and oxygen atoms in total. The Balaban J connectivity index is 1.01. The van der Waals surface area contributed by atoms with Crippen molar-refractivity contribution in [2.75, 3.05) is 65.4 Å². The number of carbonyl (C=O) groups excluding carboxylic acids is 2. The third-order valence-corrected chi connectivity index (χ3v) is 7.46. The third kappa shape index (κ3) is 6.17. The standard InChI is InChI=1S/C28H33F2N5O2/c29-23-5-1-3-21(17-23)28(37)35-15-11-33(12-16-35)20-27(36)34-13-9-32(10-14-34)8-2-4-22-19-31-26-7-6-24(30)18-25(22)26/h1,3,5-7,17-19,31H,2,4,8-16,20H2. The number of amides is 2. The van der Waals surface area contributed by atoms with Crippen LogP contribution in [0.3, 0.4) is 0 Å². The van der Waals surface area contributed by atoms with E-state index in [-0.39, 0.29) is 17.6 Å². The van der Waals surface area contributed by atoms with Crippen molar-refractivity contribution in [1.82, 2.24) is 24.6 Å². The Bertz CT molecular complexity index is 1250. The molecule has 1 aromatic heterocycles. The minimum atomic E-state index is -0.416. The van der Waals surface area contributed by atoms with Gasteiger partial charge in [0, 0.05) is 75.0 Å². The summed E-state index contributed by atoms with van der Waals surface area (Å²) in [5.41, 5.74) is 2.46. The molecule has 2 aliphatic rings. The van der Waals surface area contributed by atoms with Crippen LogP contribution < -0.4 is 0 Å². The number of rotatable bonds is 7. The molecule has 0 saturated carbocycles. The number of fused-ring (bicyclic) bond motifs is 1. The number of benzene rings is 2. The first kappa shape index (κ1) is 25.4. The van der Waals surface area contributed by atoms with E-state index in [1.165, 1.54) is 18.2 Å². The summed E-state index contributed by atoms with van der Waals surface area (Å²) in [5.74, 6) is -0.668. The second-order valence-electron chi connectivity index (χ2n) is 9.91. The second kappa shape index (κ2) is 11.4. The first-order valence-corrected chi connectivity index (χ1v) is 13.0. The molecule has 2 fully saturated rings. The number of aromatic nitrogens is 1. The van der Waals surface area contributed by atoms with Gasteiger partial charge in [0.15, 0.2) is 0 Å². The summed E-state index contributed by atoms with van der Waals surface area (Å²) in [7, 11) is 0. The molecule has 37 heavy (non-hydrogen) atoms. The number of nitrogens with one attached hydrogen (secondary N) is 1. The predicted molar refractivity (Wildman–Crippen MR) is 138 cm³/mol. The van der Waals surface area contributed by atoms with E-state index in [0.717, 1.165) is 62.0 Å². The van der Waals surface area contributed by atoms with E-state index < -0.39 is 5.82 Å². The van der Waals surface area contributed by atoms with Crippen LogP contribution in [0.25, 0.3) is 10.9 Å². The number of H-pyrrole nitrogens is 1. The van der Waals surface area contributed by atoms with Crippen LogP contribution in [0.2, 0.25) is 0 Å². The maximum absolute atomic E-state index is 13.6. The van der Waals surface area contributed by atoms with E-state index in [0.29, 0.717) is 38.3 Å². The SMILES string of the molecule is O=C(CN1CCN(C(=O)c2cccc(F)c2)CC1)N1CCN(CCCc2c[nH]c3ccc(F)cc23)CC1. The average Bonchev–Trinajstić information content (AvgIpc) is 3.31. The number of nitrogens with zero attached hydrogens (tertiary/aromatic N) is 4. The van der Waals surface area contributed by atoms with Crippen molar-refractivity contribution in [3.8, 4) is 0 Å². The molecule has 5 rings (SSSR count). The highest BCUT2D eigenvalue weighted by Gasteiger charge is 2.26. The van der Waals surface area contributed by atoms with E-state index in [4.69, 9.17) is 0 Å². The van der Waals surface area contributed by atoms with Gasteiger partial charge in [-0.15, -0.1) is 0 Å². The Kier molecular flexibility index (Phi) is 7.81. The fraction of sp³-hybridized carbons (Fsp3) is 0.429. The van der Waals surface area contributed by atoms with Crippen LogP contribution in [0, 0.1) is 11.6 Å². The highest BCUT2D eigenvalue weighted by Crippen LogP contribution is 2.21. The predicted octanol–water partition coefficient (Wildman–Crippen LogP) is 2.98. The van der Waals surface area contributed by atoms with Crippen molar-refractivity contribution in [3.05, 3.63) is 71.4 Å². The van der Waals surface area contributed by atoms with Gasteiger partial charge in [0.05, 0.1) is 6.54 Å². The fourth-order valence-corrected chi connectivity index (χ4v) is 5.28. The first-order valence-electron chi connectivity index (χ1n) is 13.0. The van der Waals surface area contributed by atoms with Crippen LogP contribution in [0.15, 0.2) is 48.7 Å². The molecule has 0 radical (unpaired) electrons. The van der Waals surface area contributed by atoms with Crippen LogP contribution in [0.5, 0.6) is 0 Å². The summed E-state index contributed by atoms with van der Waals surface area (Å²) in [4.78, 5) is 36.8. The van der Waals surface area contributed by atoms with Gasteiger partial charge in [0.1, 0.15) is 11.6 Å². The van der Waals surface area contributed by atoms with Crippen molar-refractivity contribution >= 4 is 22.7 Å². The molecule has 196 valence electrons. The Hall–Kier alpha value is -3.30. The fourth-order valence-electron chi connectivity index (χ4n) is 5.28. The Morgan fingerprint density at radius 3 is 2.27 bits per heavy atom. The molecule has 0 spiro atoms. The molecule has 0 unspecified atom stereocenters. The molecular formula is C28H33F2N5O2. The van der Waals surface area contributed by atoms with E-state index in [1.807, 2.05) is 11.1 Å². The minimum absolute atomic E-state index is 0.130. The Morgan fingerprint density at radius 1 is 0.811 bits per heavy atom. The lowest BCUT2D eigenvalue weighted by Gasteiger charge is -2.38. The summed E-state index contributed by atoms with van der Waals surface area (Å²) < 4.78 is 27.0. The normalized spacial score (nSPS) is 17.5. The zero-order valence-electron chi connectivity index (χ0n) is 21.0. The summed E-state index contributed by atoms with van der Waals surface area (Å²) in [6.07, 6.45) is 3.84. The van der Waals surface area contributed by atoms with E-state index >= 15 is 0 Å². The summed E-state index contributed by atoms with van der Waals surface area (Å²) in [6.45, 7) is 6.76. The van der Waals surface area contributed by atoms with Crippen LogP contribution in [-0.2, 0) is 11.2 Å². The largest absolute Gasteiger partial charge is 0.361 e. The molecule has 3 heterocycles. The molecule has 0 atom stereocenters. The maximum atomic E-state index is 13.6. The monoisotopic (exact) mass is 509 g/mol. The van der Waals surface area contributed by atoms with Gasteiger partial charge >= 0.3 is 0 Å². The molecule has 2 amide bonds. The van der Waals surface area contributed by atoms with Crippen molar-refractivity contribution in [1.29, 1.82) is 0 Å². The van der Waals surface area contributed by atoms with Crippen LogP contribution in [0.4, 0.5) is 8.78 Å². The van der Waals surface area contributed by atoms with Crippen molar-refractivity contribution in [2.45, 2.75) is 12.8 Å². The average molecular weight is 510 g/mol. The van der Waals surface area contributed by atoms with Crippen LogP contribution in [0.1, 0.15) is 22.3 Å². The number of aromatic amines is 1. The lowest BCUT2D eigenvalue weighted by Crippen LogP contribution is -2.54. The first-order chi connectivity index (χ1) is 18.0. The number of halogens is 2. The van der Waals surface area contributed by atoms with E-state index in [2.05, 4.69) is 14.8 Å². The van der Waals surface area contributed by atoms with Gasteiger partial charge in [0.2, 0.25) is 5.91 Å². The summed E-state index contributed by atoms with van der Waals surface area (Å²) in [5, 5.41) is 0.953. The second-order valence-corrected chi connectivity index (χ2v) is 9.91. The van der Waals surface area contributed by atoms with Gasteiger partial charge in [-0.3, -0.25) is 19.4 Å². The zero-order chi connectivity index (χ0) is 25.8. The van der Waals surface area contributed by atoms with Crippen molar-refractivity contribution < 1.29 is 18.4 Å².